The van der Waals surface area contributed by atoms with Crippen LogP contribution in [0, 0.1) is 5.92 Å². The van der Waals surface area contributed by atoms with Crippen LogP contribution in [0.15, 0.2) is 6.07 Å². The van der Waals surface area contributed by atoms with Crippen molar-refractivity contribution in [2.75, 3.05) is 30.7 Å². The van der Waals surface area contributed by atoms with Gasteiger partial charge in [-0.05, 0) is 44.7 Å². The first-order chi connectivity index (χ1) is 9.28. The average Bonchev–Trinajstić information content (AvgIpc) is 3.23. The van der Waals surface area contributed by atoms with Crippen molar-refractivity contribution in [3.8, 4) is 0 Å². The number of piperidine rings is 3. The summed E-state index contributed by atoms with van der Waals surface area (Å²) in [6, 6.07) is 2.41. The molecule has 4 aliphatic rings. The second-order valence-corrected chi connectivity index (χ2v) is 6.20. The molecule has 0 radical (unpaired) electrons. The molecule has 1 saturated carbocycles. The maximum Gasteiger partial charge on any atom is 0.136 e. The summed E-state index contributed by atoms with van der Waals surface area (Å²) in [5.74, 6) is 3.80. The largest absolute Gasteiger partial charge is 0.384 e. The van der Waals surface area contributed by atoms with Gasteiger partial charge in [-0.25, -0.2) is 9.97 Å². The highest BCUT2D eigenvalue weighted by molar-refractivity contribution is 5.46. The highest BCUT2D eigenvalue weighted by Gasteiger charge is 2.34. The molecule has 1 atom stereocenters. The Bertz CT molecular complexity index is 477. The van der Waals surface area contributed by atoms with Crippen molar-refractivity contribution in [3.05, 3.63) is 11.9 Å². The summed E-state index contributed by atoms with van der Waals surface area (Å²) < 4.78 is 0. The average molecular weight is 259 g/mol. The van der Waals surface area contributed by atoms with Gasteiger partial charge in [0.1, 0.15) is 17.5 Å². The summed E-state index contributed by atoms with van der Waals surface area (Å²) in [7, 11) is 0. The quantitative estimate of drug-likeness (QED) is 0.860. The van der Waals surface area contributed by atoms with E-state index in [9.17, 15) is 0 Å². The molecule has 1 unspecified atom stereocenters. The molecule has 19 heavy (non-hydrogen) atoms. The van der Waals surface area contributed by atoms with Crippen molar-refractivity contribution in [2.24, 2.45) is 5.92 Å². The topological polar surface area (TPSA) is 67.1 Å². The molecule has 0 spiro atoms. The Hall–Kier alpha value is -1.36. The lowest BCUT2D eigenvalue weighted by molar-refractivity contribution is 0.0974. The third-order valence-corrected chi connectivity index (χ3v) is 4.70. The van der Waals surface area contributed by atoms with Crippen molar-refractivity contribution in [1.82, 2.24) is 14.9 Å². The van der Waals surface area contributed by atoms with Gasteiger partial charge in [0.25, 0.3) is 0 Å². The fraction of sp³-hybridized carbons (Fsp3) is 0.714. The standard InChI is InChI=1S/C14H21N5/c15-12-7-13(18-14(17-12)10-1-2-10)16-11-8-19-5-3-9(11)4-6-19/h7,9-11H,1-6,8H2,(H3,15,16,17,18). The number of nitrogens with zero attached hydrogens (tertiary/aromatic N) is 3. The van der Waals surface area contributed by atoms with E-state index in [0.29, 0.717) is 17.8 Å². The van der Waals surface area contributed by atoms with Crippen molar-refractivity contribution in [3.63, 3.8) is 0 Å². The minimum absolute atomic E-state index is 0.531. The molecule has 2 bridgehead atoms. The van der Waals surface area contributed by atoms with E-state index < -0.39 is 0 Å². The SMILES string of the molecule is Nc1cc(NC2CN3CCC2CC3)nc(C2CC2)n1. The van der Waals surface area contributed by atoms with E-state index in [1.165, 1.54) is 38.8 Å². The Labute approximate surface area is 113 Å². The Morgan fingerprint density at radius 3 is 2.58 bits per heavy atom. The molecule has 5 rings (SSSR count). The van der Waals surface area contributed by atoms with Gasteiger partial charge in [0, 0.05) is 24.6 Å². The summed E-state index contributed by atoms with van der Waals surface area (Å²) in [5.41, 5.74) is 5.90. The van der Waals surface area contributed by atoms with Gasteiger partial charge in [0.2, 0.25) is 0 Å². The first-order valence-corrected chi connectivity index (χ1v) is 7.41. The predicted molar refractivity (Wildman–Crippen MR) is 75.0 cm³/mol. The fourth-order valence-electron chi connectivity index (χ4n) is 3.40. The number of fused-ring (bicyclic) bond motifs is 3. The lowest BCUT2D eigenvalue weighted by atomic mass is 9.84. The second kappa shape index (κ2) is 4.34. The first kappa shape index (κ1) is 11.5. The fourth-order valence-corrected chi connectivity index (χ4v) is 3.40. The summed E-state index contributed by atoms with van der Waals surface area (Å²) >= 11 is 0. The molecular formula is C14H21N5. The van der Waals surface area contributed by atoms with Crippen molar-refractivity contribution >= 4 is 11.6 Å². The van der Waals surface area contributed by atoms with Gasteiger partial charge in [-0.2, -0.15) is 0 Å². The van der Waals surface area contributed by atoms with Crippen LogP contribution < -0.4 is 11.1 Å². The highest BCUT2D eigenvalue weighted by Crippen LogP contribution is 2.39. The minimum Gasteiger partial charge on any atom is -0.384 e. The number of anilines is 2. The maximum absolute atomic E-state index is 5.90. The van der Waals surface area contributed by atoms with Crippen LogP contribution in [0.5, 0.6) is 0 Å². The zero-order chi connectivity index (χ0) is 12.8. The molecule has 102 valence electrons. The number of aromatic nitrogens is 2. The van der Waals surface area contributed by atoms with Crippen LogP contribution in [-0.4, -0.2) is 40.5 Å². The van der Waals surface area contributed by atoms with Gasteiger partial charge in [-0.1, -0.05) is 0 Å². The van der Waals surface area contributed by atoms with Crippen LogP contribution in [0.3, 0.4) is 0 Å². The Balaban J connectivity index is 1.53. The molecule has 5 nitrogen and oxygen atoms in total. The van der Waals surface area contributed by atoms with E-state index in [4.69, 9.17) is 5.73 Å². The van der Waals surface area contributed by atoms with Crippen LogP contribution in [0.2, 0.25) is 0 Å². The van der Waals surface area contributed by atoms with Gasteiger partial charge in [-0.15, -0.1) is 0 Å². The van der Waals surface area contributed by atoms with Crippen LogP contribution in [0.25, 0.3) is 0 Å². The van der Waals surface area contributed by atoms with Crippen LogP contribution in [0.1, 0.15) is 37.4 Å². The smallest absolute Gasteiger partial charge is 0.136 e. The third-order valence-electron chi connectivity index (χ3n) is 4.70. The number of hydrogen-bond donors (Lipinski definition) is 2. The van der Waals surface area contributed by atoms with Gasteiger partial charge in [0.15, 0.2) is 0 Å². The van der Waals surface area contributed by atoms with Crippen molar-refractivity contribution in [1.29, 1.82) is 0 Å². The second-order valence-electron chi connectivity index (χ2n) is 6.20. The molecule has 1 aromatic heterocycles. The minimum atomic E-state index is 0.531. The number of hydrogen-bond acceptors (Lipinski definition) is 5. The summed E-state index contributed by atoms with van der Waals surface area (Å²) in [6.07, 6.45) is 5.05. The lowest BCUT2D eigenvalue weighted by Gasteiger charge is -2.45. The molecule has 1 aromatic rings. The van der Waals surface area contributed by atoms with E-state index in [0.717, 1.165) is 24.1 Å². The van der Waals surface area contributed by atoms with E-state index >= 15 is 0 Å². The normalized spacial score (nSPS) is 33.4. The summed E-state index contributed by atoms with van der Waals surface area (Å²) in [6.45, 7) is 3.68. The zero-order valence-corrected chi connectivity index (χ0v) is 11.2. The monoisotopic (exact) mass is 259 g/mol. The van der Waals surface area contributed by atoms with E-state index in [1.807, 2.05) is 6.07 Å². The molecule has 1 aliphatic carbocycles. The predicted octanol–water partition coefficient (Wildman–Crippen LogP) is 1.44. The summed E-state index contributed by atoms with van der Waals surface area (Å²) in [5, 5.41) is 3.60. The Morgan fingerprint density at radius 1 is 1.16 bits per heavy atom. The van der Waals surface area contributed by atoms with Crippen LogP contribution in [0.4, 0.5) is 11.6 Å². The number of nitrogen functional groups attached to an aromatic ring is 1. The highest BCUT2D eigenvalue weighted by atomic mass is 15.2. The lowest BCUT2D eigenvalue weighted by Crippen LogP contribution is -2.53. The molecular weight excluding hydrogens is 238 g/mol. The third kappa shape index (κ3) is 2.27. The van der Waals surface area contributed by atoms with Gasteiger partial charge in [-0.3, -0.25) is 0 Å². The molecule has 4 fully saturated rings. The Morgan fingerprint density at radius 2 is 1.95 bits per heavy atom. The van der Waals surface area contributed by atoms with Crippen molar-refractivity contribution in [2.45, 2.75) is 37.6 Å². The number of nitrogens with two attached hydrogens (primary N) is 1. The van der Waals surface area contributed by atoms with E-state index in [-0.39, 0.29) is 0 Å². The van der Waals surface area contributed by atoms with E-state index in [1.54, 1.807) is 0 Å². The number of nitrogens with one attached hydrogen (secondary N) is 1. The van der Waals surface area contributed by atoms with Crippen LogP contribution in [-0.2, 0) is 0 Å². The molecule has 3 saturated heterocycles. The molecule has 3 aliphatic heterocycles. The molecule has 3 N–H and O–H groups in total. The molecule has 5 heteroatoms. The van der Waals surface area contributed by atoms with Gasteiger partial charge < -0.3 is 16.0 Å². The van der Waals surface area contributed by atoms with Gasteiger partial charge >= 0.3 is 0 Å². The zero-order valence-electron chi connectivity index (χ0n) is 11.2. The first-order valence-electron chi connectivity index (χ1n) is 7.41. The Kier molecular flexibility index (Phi) is 2.62. The molecule has 0 amide bonds. The molecule has 4 heterocycles. The van der Waals surface area contributed by atoms with E-state index in [2.05, 4.69) is 20.2 Å². The summed E-state index contributed by atoms with van der Waals surface area (Å²) in [4.78, 5) is 11.6. The molecule has 0 aromatic carbocycles. The van der Waals surface area contributed by atoms with Gasteiger partial charge in [0.05, 0.1) is 0 Å². The van der Waals surface area contributed by atoms with Crippen LogP contribution >= 0.6 is 0 Å². The van der Waals surface area contributed by atoms with Crippen molar-refractivity contribution < 1.29 is 0 Å². The maximum atomic E-state index is 5.90. The number of rotatable bonds is 3.